The van der Waals surface area contributed by atoms with Crippen LogP contribution < -0.4 is 5.32 Å². The number of hydrogen-bond acceptors (Lipinski definition) is 3. The Morgan fingerprint density at radius 1 is 1.43 bits per heavy atom. The smallest absolute Gasteiger partial charge is 0.311 e. The Labute approximate surface area is 124 Å². The second-order valence-electron chi connectivity index (χ2n) is 5.81. The minimum Gasteiger partial charge on any atom is -0.481 e. The zero-order chi connectivity index (χ0) is 15.5. The molecule has 1 saturated carbocycles. The lowest BCUT2D eigenvalue weighted by Gasteiger charge is -2.38. The maximum atomic E-state index is 12.0. The summed E-state index contributed by atoms with van der Waals surface area (Å²) in [4.78, 5) is 23.4. The summed E-state index contributed by atoms with van der Waals surface area (Å²) in [6.07, 6.45) is 6.08. The van der Waals surface area contributed by atoms with Crippen LogP contribution in [0, 0.1) is 12.3 Å². The van der Waals surface area contributed by atoms with Gasteiger partial charge in [0.2, 0.25) is 5.91 Å². The minimum atomic E-state index is -0.886. The highest BCUT2D eigenvalue weighted by atomic mass is 16.4. The molecule has 0 bridgehead atoms. The molecule has 1 amide bonds. The molecule has 5 heteroatoms. The van der Waals surface area contributed by atoms with Gasteiger partial charge in [-0.3, -0.25) is 9.59 Å². The first-order chi connectivity index (χ1) is 9.91. The molecule has 2 N–H and O–H groups in total. The first-order valence-corrected chi connectivity index (χ1v) is 7.20. The topological polar surface area (TPSA) is 79.5 Å². The van der Waals surface area contributed by atoms with Crippen molar-refractivity contribution in [2.24, 2.45) is 5.41 Å². The number of aryl methyl sites for hydroxylation is 1. The van der Waals surface area contributed by atoms with Crippen molar-refractivity contribution in [2.75, 3.05) is 0 Å². The molecule has 21 heavy (non-hydrogen) atoms. The summed E-state index contributed by atoms with van der Waals surface area (Å²) >= 11 is 0. The number of carboxylic acids is 1. The quantitative estimate of drug-likeness (QED) is 0.836. The Morgan fingerprint density at radius 3 is 2.81 bits per heavy atom. The molecule has 2 unspecified atom stereocenters. The van der Waals surface area contributed by atoms with Gasteiger partial charge in [-0.15, -0.1) is 0 Å². The molecule has 0 aromatic carbocycles. The van der Waals surface area contributed by atoms with Crippen molar-refractivity contribution in [3.05, 3.63) is 29.7 Å². The number of carboxylic acid groups (broad SMARTS) is 1. The lowest BCUT2D eigenvalue weighted by molar-refractivity contribution is -0.151. The zero-order valence-corrected chi connectivity index (χ0v) is 12.4. The fraction of sp³-hybridized carbons (Fsp3) is 0.500. The van der Waals surface area contributed by atoms with E-state index in [1.807, 2.05) is 13.0 Å². The van der Waals surface area contributed by atoms with Gasteiger partial charge in [0.15, 0.2) is 0 Å². The predicted molar refractivity (Wildman–Crippen MR) is 78.6 cm³/mol. The minimum absolute atomic E-state index is 0.288. The first-order valence-electron chi connectivity index (χ1n) is 7.20. The van der Waals surface area contributed by atoms with E-state index >= 15 is 0 Å². The molecule has 1 aliphatic carbocycles. The van der Waals surface area contributed by atoms with Crippen LogP contribution in [0.1, 0.15) is 44.1 Å². The van der Waals surface area contributed by atoms with E-state index in [1.165, 1.54) is 6.08 Å². The lowest BCUT2D eigenvalue weighted by Crippen LogP contribution is -2.51. The molecule has 1 fully saturated rings. The van der Waals surface area contributed by atoms with Crippen LogP contribution in [0.3, 0.4) is 0 Å². The number of furan rings is 1. The van der Waals surface area contributed by atoms with E-state index in [2.05, 4.69) is 5.32 Å². The van der Waals surface area contributed by atoms with Crippen molar-refractivity contribution in [1.82, 2.24) is 5.32 Å². The van der Waals surface area contributed by atoms with Gasteiger partial charge >= 0.3 is 5.97 Å². The Balaban J connectivity index is 2.00. The van der Waals surface area contributed by atoms with Crippen molar-refractivity contribution >= 4 is 18.0 Å². The molecule has 2 atom stereocenters. The van der Waals surface area contributed by atoms with Gasteiger partial charge in [-0.2, -0.15) is 0 Å². The number of amides is 1. The average molecular weight is 291 g/mol. The van der Waals surface area contributed by atoms with Crippen LogP contribution in [0.4, 0.5) is 0 Å². The highest BCUT2D eigenvalue weighted by molar-refractivity contribution is 5.92. The van der Waals surface area contributed by atoms with Crippen LogP contribution >= 0.6 is 0 Å². The molecular formula is C16H21NO4. The summed E-state index contributed by atoms with van der Waals surface area (Å²) in [6, 6.07) is 3.26. The second-order valence-corrected chi connectivity index (χ2v) is 5.81. The van der Waals surface area contributed by atoms with Crippen LogP contribution in [-0.4, -0.2) is 23.0 Å². The second kappa shape index (κ2) is 6.16. The summed E-state index contributed by atoms with van der Waals surface area (Å²) in [7, 11) is 0. The maximum absolute atomic E-state index is 12.0. The van der Waals surface area contributed by atoms with Crippen LogP contribution in [0.5, 0.6) is 0 Å². The molecule has 0 saturated heterocycles. The SMILES string of the molecule is Cc1ccc(/C=C/C(=O)NC2CCCCC2(C)C(=O)O)o1. The molecule has 1 aliphatic rings. The molecule has 2 rings (SSSR count). The first kappa shape index (κ1) is 15.4. The van der Waals surface area contributed by atoms with Gasteiger partial charge < -0.3 is 14.8 Å². The maximum Gasteiger partial charge on any atom is 0.311 e. The third-order valence-electron chi connectivity index (χ3n) is 4.17. The molecule has 114 valence electrons. The molecule has 5 nitrogen and oxygen atoms in total. The summed E-state index contributed by atoms with van der Waals surface area (Å²) < 4.78 is 5.34. The summed E-state index contributed by atoms with van der Waals surface area (Å²) in [5.41, 5.74) is -0.886. The van der Waals surface area contributed by atoms with Gasteiger partial charge in [0.05, 0.1) is 5.41 Å². The fourth-order valence-corrected chi connectivity index (χ4v) is 2.74. The van der Waals surface area contributed by atoms with Gasteiger partial charge in [-0.1, -0.05) is 12.8 Å². The Morgan fingerprint density at radius 2 is 2.19 bits per heavy atom. The van der Waals surface area contributed by atoms with E-state index in [4.69, 9.17) is 4.42 Å². The lowest BCUT2D eigenvalue weighted by atomic mass is 9.71. The number of aliphatic carboxylic acids is 1. The highest BCUT2D eigenvalue weighted by Crippen LogP contribution is 2.36. The van der Waals surface area contributed by atoms with Crippen molar-refractivity contribution in [3.63, 3.8) is 0 Å². The van der Waals surface area contributed by atoms with E-state index in [-0.39, 0.29) is 11.9 Å². The van der Waals surface area contributed by atoms with Crippen molar-refractivity contribution in [2.45, 2.75) is 45.6 Å². The van der Waals surface area contributed by atoms with Crippen LogP contribution in [0.25, 0.3) is 6.08 Å². The predicted octanol–water partition coefficient (Wildman–Crippen LogP) is 2.75. The molecular weight excluding hydrogens is 270 g/mol. The zero-order valence-electron chi connectivity index (χ0n) is 12.4. The molecule has 1 aromatic heterocycles. The summed E-state index contributed by atoms with van der Waals surface area (Å²) in [6.45, 7) is 3.54. The van der Waals surface area contributed by atoms with E-state index < -0.39 is 11.4 Å². The van der Waals surface area contributed by atoms with E-state index in [1.54, 1.807) is 19.1 Å². The standard InChI is InChI=1S/C16H21NO4/c1-11-6-7-12(21-11)8-9-14(18)17-13-5-3-4-10-16(13,2)15(19)20/h6-9,13H,3-5,10H2,1-2H3,(H,17,18)(H,19,20)/b9-8+. The Kier molecular flexibility index (Phi) is 4.50. The average Bonchev–Trinajstić information content (AvgIpc) is 2.85. The Hall–Kier alpha value is -2.04. The molecule has 1 aromatic rings. The number of rotatable bonds is 4. The fourth-order valence-electron chi connectivity index (χ4n) is 2.74. The van der Waals surface area contributed by atoms with Gasteiger partial charge in [0, 0.05) is 12.1 Å². The third kappa shape index (κ3) is 3.54. The van der Waals surface area contributed by atoms with Gasteiger partial charge in [-0.05, 0) is 44.9 Å². The van der Waals surface area contributed by atoms with Crippen molar-refractivity contribution in [1.29, 1.82) is 0 Å². The Bertz CT molecular complexity index is 560. The molecule has 0 spiro atoms. The number of nitrogens with one attached hydrogen (secondary N) is 1. The highest BCUT2D eigenvalue weighted by Gasteiger charge is 2.43. The number of carbonyl (C=O) groups is 2. The number of hydrogen-bond donors (Lipinski definition) is 2. The molecule has 0 radical (unpaired) electrons. The van der Waals surface area contributed by atoms with Gasteiger partial charge in [0.25, 0.3) is 0 Å². The van der Waals surface area contributed by atoms with Gasteiger partial charge in [0.1, 0.15) is 11.5 Å². The van der Waals surface area contributed by atoms with Gasteiger partial charge in [-0.25, -0.2) is 0 Å². The summed E-state index contributed by atoms with van der Waals surface area (Å²) in [5, 5.41) is 12.2. The van der Waals surface area contributed by atoms with E-state index in [9.17, 15) is 14.7 Å². The van der Waals surface area contributed by atoms with Crippen LogP contribution in [-0.2, 0) is 9.59 Å². The van der Waals surface area contributed by atoms with Crippen molar-refractivity contribution in [3.8, 4) is 0 Å². The van der Waals surface area contributed by atoms with Crippen molar-refractivity contribution < 1.29 is 19.1 Å². The normalized spacial score (nSPS) is 25.9. The van der Waals surface area contributed by atoms with E-state index in [0.717, 1.165) is 18.6 Å². The largest absolute Gasteiger partial charge is 0.481 e. The van der Waals surface area contributed by atoms with E-state index in [0.29, 0.717) is 18.6 Å². The monoisotopic (exact) mass is 291 g/mol. The summed E-state index contributed by atoms with van der Waals surface area (Å²) in [5.74, 6) is 0.245. The third-order valence-corrected chi connectivity index (χ3v) is 4.17. The molecule has 1 heterocycles. The molecule has 0 aliphatic heterocycles. The number of carbonyl (C=O) groups excluding carboxylic acids is 1. The van der Waals surface area contributed by atoms with Crippen LogP contribution in [0.15, 0.2) is 22.6 Å². The van der Waals surface area contributed by atoms with Crippen LogP contribution in [0.2, 0.25) is 0 Å².